The van der Waals surface area contributed by atoms with Gasteiger partial charge in [-0.1, -0.05) is 18.2 Å². The first kappa shape index (κ1) is 23.1. The van der Waals surface area contributed by atoms with E-state index in [0.29, 0.717) is 22.0 Å². The van der Waals surface area contributed by atoms with Crippen molar-refractivity contribution in [1.82, 2.24) is 14.8 Å². The van der Waals surface area contributed by atoms with Gasteiger partial charge in [-0.05, 0) is 35.9 Å². The second-order valence-electron chi connectivity index (χ2n) is 7.19. The third kappa shape index (κ3) is 5.11. The van der Waals surface area contributed by atoms with Crippen molar-refractivity contribution in [2.24, 2.45) is 7.05 Å². The number of hydrogen-bond donors (Lipinski definition) is 1. The summed E-state index contributed by atoms with van der Waals surface area (Å²) in [6.45, 7) is 0. The molecule has 0 aliphatic carbocycles. The van der Waals surface area contributed by atoms with Crippen LogP contribution in [0.15, 0.2) is 60.8 Å². The molecule has 0 saturated carbocycles. The number of alkyl halides is 6. The van der Waals surface area contributed by atoms with Gasteiger partial charge in [0.2, 0.25) is 0 Å². The predicted octanol–water partition coefficient (Wildman–Crippen LogP) is 5.81. The van der Waals surface area contributed by atoms with Crippen LogP contribution in [0.2, 0.25) is 0 Å². The summed E-state index contributed by atoms with van der Waals surface area (Å²) in [5.74, 6) is -1.13. The number of carbonyl (C=O) groups excluding carboxylic acids is 1. The molecule has 0 saturated heterocycles. The SMILES string of the molecule is Cn1nc(C(F)(F)F)cc1NC(=O)c1ccc2cc(-c3ccc(OC(F)(F)F)cc3)cnc2c1. The lowest BCUT2D eigenvalue weighted by Gasteiger charge is -2.10. The lowest BCUT2D eigenvalue weighted by molar-refractivity contribution is -0.274. The zero-order valence-electron chi connectivity index (χ0n) is 17.2. The van der Waals surface area contributed by atoms with Crippen molar-refractivity contribution in [1.29, 1.82) is 0 Å². The number of benzene rings is 2. The van der Waals surface area contributed by atoms with Gasteiger partial charge in [0.05, 0.1) is 5.52 Å². The van der Waals surface area contributed by atoms with Crippen molar-refractivity contribution >= 4 is 22.6 Å². The molecule has 6 nitrogen and oxygen atoms in total. The number of aryl methyl sites for hydroxylation is 1. The molecule has 4 aromatic rings. The zero-order chi connectivity index (χ0) is 24.7. The first-order valence-corrected chi connectivity index (χ1v) is 9.58. The Kier molecular flexibility index (Phi) is 5.67. The summed E-state index contributed by atoms with van der Waals surface area (Å²) in [5, 5.41) is 6.37. The van der Waals surface area contributed by atoms with E-state index in [1.54, 1.807) is 12.1 Å². The number of rotatable bonds is 4. The number of carbonyl (C=O) groups is 1. The number of aromatic nitrogens is 3. The Balaban J connectivity index is 1.53. The summed E-state index contributed by atoms with van der Waals surface area (Å²) in [5.41, 5.74) is 0.696. The average Bonchev–Trinajstić information content (AvgIpc) is 3.13. The molecule has 1 N–H and O–H groups in total. The van der Waals surface area contributed by atoms with Gasteiger partial charge < -0.3 is 10.1 Å². The van der Waals surface area contributed by atoms with Crippen molar-refractivity contribution in [3.05, 3.63) is 72.1 Å². The lowest BCUT2D eigenvalue weighted by Crippen LogP contribution is -2.16. The minimum atomic E-state index is -4.78. The van der Waals surface area contributed by atoms with Crippen LogP contribution in [0.25, 0.3) is 22.0 Å². The fourth-order valence-corrected chi connectivity index (χ4v) is 3.18. The number of amides is 1. The number of fused-ring (bicyclic) bond motifs is 1. The van der Waals surface area contributed by atoms with E-state index in [0.717, 1.165) is 10.7 Å². The van der Waals surface area contributed by atoms with Crippen LogP contribution in [0.1, 0.15) is 16.1 Å². The summed E-state index contributed by atoms with van der Waals surface area (Å²) in [6, 6.07) is 12.3. The first-order chi connectivity index (χ1) is 15.9. The van der Waals surface area contributed by atoms with Gasteiger partial charge >= 0.3 is 12.5 Å². The van der Waals surface area contributed by atoms with Crippen molar-refractivity contribution in [2.75, 3.05) is 5.32 Å². The van der Waals surface area contributed by atoms with Crippen LogP contribution in [0.4, 0.5) is 32.2 Å². The number of anilines is 1. The van der Waals surface area contributed by atoms with Gasteiger partial charge in [-0.3, -0.25) is 14.5 Å². The number of hydrogen-bond acceptors (Lipinski definition) is 4. The molecule has 176 valence electrons. The summed E-state index contributed by atoms with van der Waals surface area (Å²) < 4.78 is 80.1. The number of nitrogens with zero attached hydrogens (tertiary/aromatic N) is 3. The van der Waals surface area contributed by atoms with Crippen LogP contribution in [-0.2, 0) is 13.2 Å². The van der Waals surface area contributed by atoms with Crippen molar-refractivity contribution in [3.8, 4) is 16.9 Å². The van der Waals surface area contributed by atoms with Crippen LogP contribution in [0.5, 0.6) is 5.75 Å². The Hall–Kier alpha value is -4.09. The Bertz CT molecular complexity index is 1360. The van der Waals surface area contributed by atoms with E-state index in [1.165, 1.54) is 49.6 Å². The average molecular weight is 480 g/mol. The molecule has 34 heavy (non-hydrogen) atoms. The van der Waals surface area contributed by atoms with E-state index in [1.807, 2.05) is 0 Å². The molecular formula is C22H14F6N4O2. The molecule has 0 atom stereocenters. The monoisotopic (exact) mass is 480 g/mol. The van der Waals surface area contributed by atoms with E-state index in [4.69, 9.17) is 0 Å². The molecule has 0 spiro atoms. The molecular weight excluding hydrogens is 466 g/mol. The van der Waals surface area contributed by atoms with Gasteiger partial charge in [-0.15, -0.1) is 13.2 Å². The van der Waals surface area contributed by atoms with E-state index >= 15 is 0 Å². The molecule has 2 heterocycles. The van der Waals surface area contributed by atoms with Gasteiger partial charge in [-0.2, -0.15) is 18.3 Å². The normalized spacial score (nSPS) is 12.1. The Labute approximate surface area is 187 Å². The Morgan fingerprint density at radius 3 is 2.26 bits per heavy atom. The zero-order valence-corrected chi connectivity index (χ0v) is 17.2. The van der Waals surface area contributed by atoms with Crippen LogP contribution >= 0.6 is 0 Å². The maximum Gasteiger partial charge on any atom is 0.573 e. The first-order valence-electron chi connectivity index (χ1n) is 9.58. The fraction of sp³-hybridized carbons (Fsp3) is 0.136. The number of nitrogens with one attached hydrogen (secondary N) is 1. The van der Waals surface area contributed by atoms with Crippen molar-refractivity contribution in [2.45, 2.75) is 12.5 Å². The predicted molar refractivity (Wildman–Crippen MR) is 110 cm³/mol. The largest absolute Gasteiger partial charge is 0.573 e. The summed E-state index contributed by atoms with van der Waals surface area (Å²) in [7, 11) is 1.27. The van der Waals surface area contributed by atoms with Gasteiger partial charge in [0.15, 0.2) is 5.69 Å². The topological polar surface area (TPSA) is 69.0 Å². The van der Waals surface area contributed by atoms with Crippen LogP contribution < -0.4 is 10.1 Å². The molecule has 0 aliphatic rings. The minimum Gasteiger partial charge on any atom is -0.406 e. The molecule has 2 aromatic carbocycles. The smallest absolute Gasteiger partial charge is 0.406 e. The molecule has 2 aromatic heterocycles. The molecule has 4 rings (SSSR count). The third-order valence-electron chi connectivity index (χ3n) is 4.78. The van der Waals surface area contributed by atoms with E-state index in [9.17, 15) is 31.1 Å². The molecule has 0 bridgehead atoms. The van der Waals surface area contributed by atoms with Gasteiger partial charge in [-0.25, -0.2) is 0 Å². The maximum absolute atomic E-state index is 12.8. The highest BCUT2D eigenvalue weighted by atomic mass is 19.4. The second-order valence-corrected chi connectivity index (χ2v) is 7.19. The molecule has 12 heteroatoms. The van der Waals surface area contributed by atoms with Gasteiger partial charge in [0.25, 0.3) is 5.91 Å². The van der Waals surface area contributed by atoms with E-state index < -0.39 is 24.1 Å². The van der Waals surface area contributed by atoms with Crippen LogP contribution in [0, 0.1) is 0 Å². The summed E-state index contributed by atoms with van der Waals surface area (Å²) in [4.78, 5) is 16.8. The summed E-state index contributed by atoms with van der Waals surface area (Å²) in [6.07, 6.45) is -7.94. The second kappa shape index (κ2) is 8.36. The highest BCUT2D eigenvalue weighted by molar-refractivity contribution is 6.05. The molecule has 1 amide bonds. The summed E-state index contributed by atoms with van der Waals surface area (Å²) >= 11 is 0. The quantitative estimate of drug-likeness (QED) is 0.375. The molecule has 0 fully saturated rings. The lowest BCUT2D eigenvalue weighted by atomic mass is 10.0. The van der Waals surface area contributed by atoms with Crippen LogP contribution in [-0.4, -0.2) is 27.0 Å². The minimum absolute atomic E-state index is 0.126. The third-order valence-corrected chi connectivity index (χ3v) is 4.78. The van der Waals surface area contributed by atoms with Crippen molar-refractivity contribution < 1.29 is 35.9 Å². The number of halogens is 6. The molecule has 0 unspecified atom stereocenters. The van der Waals surface area contributed by atoms with Crippen LogP contribution in [0.3, 0.4) is 0 Å². The number of pyridine rings is 1. The highest BCUT2D eigenvalue weighted by Gasteiger charge is 2.35. The fourth-order valence-electron chi connectivity index (χ4n) is 3.18. The Morgan fingerprint density at radius 1 is 0.941 bits per heavy atom. The highest BCUT2D eigenvalue weighted by Crippen LogP contribution is 2.30. The maximum atomic E-state index is 12.8. The number of ether oxygens (including phenoxy) is 1. The molecule has 0 radical (unpaired) electrons. The van der Waals surface area contributed by atoms with Gasteiger partial charge in [0.1, 0.15) is 11.6 Å². The van der Waals surface area contributed by atoms with E-state index in [-0.39, 0.29) is 17.1 Å². The van der Waals surface area contributed by atoms with Gasteiger partial charge in [0, 0.05) is 35.8 Å². The van der Waals surface area contributed by atoms with E-state index in [2.05, 4.69) is 20.1 Å². The standard InChI is InChI=1S/C22H14F6N4O2/c1-32-19(10-18(31-32)21(23,24)25)30-20(33)14-3-2-13-8-15(11-29-17(13)9-14)12-4-6-16(7-5-12)34-22(26,27)28/h2-11H,1H3,(H,30,33). The Morgan fingerprint density at radius 2 is 1.65 bits per heavy atom. The van der Waals surface area contributed by atoms with Crippen molar-refractivity contribution in [3.63, 3.8) is 0 Å². The molecule has 0 aliphatic heterocycles.